The van der Waals surface area contributed by atoms with Gasteiger partial charge in [0.05, 0.1) is 19.0 Å². The first-order valence-corrected chi connectivity index (χ1v) is 9.24. The van der Waals surface area contributed by atoms with Crippen molar-refractivity contribution in [2.75, 3.05) is 20.2 Å². The third-order valence-electron chi connectivity index (χ3n) is 4.82. The molecule has 0 spiro atoms. The van der Waals surface area contributed by atoms with Crippen molar-refractivity contribution < 1.29 is 23.8 Å². The summed E-state index contributed by atoms with van der Waals surface area (Å²) >= 11 is 0. The second-order valence-electron chi connectivity index (χ2n) is 6.74. The van der Waals surface area contributed by atoms with Gasteiger partial charge in [0.15, 0.2) is 17.3 Å². The van der Waals surface area contributed by atoms with E-state index in [0.717, 1.165) is 12.8 Å². The molecule has 1 N–H and O–H groups in total. The molecule has 1 amide bonds. The number of ether oxygens (including phenoxy) is 2. The Hall–Kier alpha value is -3.55. The highest BCUT2D eigenvalue weighted by Crippen LogP contribution is 2.34. The van der Waals surface area contributed by atoms with Gasteiger partial charge in [-0.1, -0.05) is 6.07 Å². The zero-order valence-corrected chi connectivity index (χ0v) is 15.8. The fourth-order valence-electron chi connectivity index (χ4n) is 3.26. The second-order valence-corrected chi connectivity index (χ2v) is 6.74. The Morgan fingerprint density at radius 2 is 1.97 bits per heavy atom. The molecular formula is C21H20FN3O4. The normalized spacial score (nSPS) is 13.5. The van der Waals surface area contributed by atoms with E-state index in [1.54, 1.807) is 40.2 Å². The van der Waals surface area contributed by atoms with E-state index in [0.29, 0.717) is 35.7 Å². The van der Waals surface area contributed by atoms with Crippen LogP contribution in [0.3, 0.4) is 0 Å². The highest BCUT2D eigenvalue weighted by molar-refractivity contribution is 5.71. The third kappa shape index (κ3) is 3.87. The molecule has 8 heteroatoms. The third-order valence-corrected chi connectivity index (χ3v) is 4.82. The topological polar surface area (TPSA) is 76.8 Å². The molecule has 0 bridgehead atoms. The van der Waals surface area contributed by atoms with E-state index in [-0.39, 0.29) is 11.8 Å². The van der Waals surface area contributed by atoms with Gasteiger partial charge in [-0.05, 0) is 42.7 Å². The minimum Gasteiger partial charge on any atom is -0.502 e. The predicted octanol–water partition coefficient (Wildman–Crippen LogP) is 3.99. The van der Waals surface area contributed by atoms with Crippen LogP contribution in [0.25, 0.3) is 16.8 Å². The van der Waals surface area contributed by atoms with Crippen LogP contribution in [0, 0.1) is 5.82 Å². The van der Waals surface area contributed by atoms with E-state index < -0.39 is 11.6 Å². The second kappa shape index (κ2) is 7.83. The Labute approximate surface area is 166 Å². The summed E-state index contributed by atoms with van der Waals surface area (Å²) < 4.78 is 26.0. The summed E-state index contributed by atoms with van der Waals surface area (Å²) in [5.41, 5.74) is 1.84. The van der Waals surface area contributed by atoms with E-state index in [9.17, 15) is 14.3 Å². The number of carbonyl (C=O) groups excluding carboxylic acids is 1. The maximum absolute atomic E-state index is 13.9. The molecule has 1 saturated heterocycles. The Bertz CT molecular complexity index is 1040. The molecule has 3 aromatic rings. The Kier molecular flexibility index (Phi) is 5.07. The van der Waals surface area contributed by atoms with E-state index >= 15 is 0 Å². The number of benzene rings is 2. The molecular weight excluding hydrogens is 377 g/mol. The summed E-state index contributed by atoms with van der Waals surface area (Å²) in [4.78, 5) is 13.9. The molecule has 0 saturated carbocycles. The first kappa shape index (κ1) is 18.8. The summed E-state index contributed by atoms with van der Waals surface area (Å²) in [6, 6.07) is 9.76. The first-order chi connectivity index (χ1) is 14.0. The van der Waals surface area contributed by atoms with Crippen LogP contribution in [0.1, 0.15) is 12.8 Å². The molecule has 0 atom stereocenters. The molecule has 0 radical (unpaired) electrons. The molecule has 1 aliphatic heterocycles. The van der Waals surface area contributed by atoms with Crippen molar-refractivity contribution in [1.29, 1.82) is 0 Å². The van der Waals surface area contributed by atoms with E-state index in [1.165, 1.54) is 19.2 Å². The van der Waals surface area contributed by atoms with Gasteiger partial charge in [0.2, 0.25) is 0 Å². The van der Waals surface area contributed by atoms with Crippen LogP contribution in [0.5, 0.6) is 17.2 Å². The van der Waals surface area contributed by atoms with Gasteiger partial charge in [-0.2, -0.15) is 5.10 Å². The van der Waals surface area contributed by atoms with Crippen molar-refractivity contribution in [2.24, 2.45) is 0 Å². The highest BCUT2D eigenvalue weighted by Gasteiger charge is 2.20. The van der Waals surface area contributed by atoms with Crippen molar-refractivity contribution >= 4 is 6.09 Å². The van der Waals surface area contributed by atoms with Gasteiger partial charge in [0.1, 0.15) is 5.75 Å². The largest absolute Gasteiger partial charge is 0.502 e. The molecule has 7 nitrogen and oxygen atoms in total. The monoisotopic (exact) mass is 397 g/mol. The Balaban J connectivity index is 1.57. The summed E-state index contributed by atoms with van der Waals surface area (Å²) in [5, 5.41) is 14.0. The van der Waals surface area contributed by atoms with Gasteiger partial charge < -0.3 is 19.5 Å². The lowest BCUT2D eigenvalue weighted by molar-refractivity contribution is 0.163. The van der Waals surface area contributed by atoms with Crippen LogP contribution in [0.4, 0.5) is 9.18 Å². The fourth-order valence-corrected chi connectivity index (χ4v) is 3.26. The highest BCUT2D eigenvalue weighted by atomic mass is 19.1. The van der Waals surface area contributed by atoms with E-state index in [1.807, 2.05) is 6.07 Å². The van der Waals surface area contributed by atoms with E-state index in [2.05, 4.69) is 5.10 Å². The van der Waals surface area contributed by atoms with Gasteiger partial charge in [0.25, 0.3) is 0 Å². The summed E-state index contributed by atoms with van der Waals surface area (Å²) in [5.74, 6) is -0.837. The number of carbonyl (C=O) groups is 1. The smallest absolute Gasteiger partial charge is 0.415 e. The van der Waals surface area contributed by atoms with Gasteiger partial charge in [0, 0.05) is 30.9 Å². The summed E-state index contributed by atoms with van der Waals surface area (Å²) in [6.45, 7) is 1.43. The van der Waals surface area contributed by atoms with Gasteiger partial charge in [-0.15, -0.1) is 0 Å². The van der Waals surface area contributed by atoms with Crippen LogP contribution in [0.15, 0.2) is 48.8 Å². The maximum Gasteiger partial charge on any atom is 0.415 e. The van der Waals surface area contributed by atoms with Gasteiger partial charge in [-0.25, -0.2) is 13.9 Å². The van der Waals surface area contributed by atoms with Gasteiger partial charge >= 0.3 is 6.09 Å². The molecule has 1 fully saturated rings. The predicted molar refractivity (Wildman–Crippen MR) is 104 cm³/mol. The number of rotatable bonds is 4. The number of likely N-dealkylation sites (tertiary alicyclic amines) is 1. The lowest BCUT2D eigenvalue weighted by Gasteiger charge is -2.15. The summed E-state index contributed by atoms with van der Waals surface area (Å²) in [6.07, 6.45) is 4.93. The van der Waals surface area contributed by atoms with Crippen molar-refractivity contribution in [1.82, 2.24) is 14.7 Å². The quantitative estimate of drug-likeness (QED) is 0.720. The molecule has 2 heterocycles. The molecule has 4 rings (SSSR count). The molecule has 29 heavy (non-hydrogen) atoms. The number of hydrogen-bond donors (Lipinski definition) is 1. The Morgan fingerprint density at radius 1 is 1.17 bits per heavy atom. The lowest BCUT2D eigenvalue weighted by atomic mass is 10.1. The van der Waals surface area contributed by atoms with Crippen LogP contribution in [-0.2, 0) is 0 Å². The molecule has 2 aromatic carbocycles. The number of phenolic OH excluding ortho intramolecular Hbond substituents is 1. The number of phenols is 1. The molecule has 1 aliphatic rings. The molecule has 150 valence electrons. The number of nitrogens with zero attached hydrogens (tertiary/aromatic N) is 3. The number of aromatic nitrogens is 2. The van der Waals surface area contributed by atoms with Crippen molar-refractivity contribution in [2.45, 2.75) is 12.8 Å². The standard InChI is InChI=1S/C21H20FN3O4/c1-28-19-10-14(9-18(22)20(19)26)15-12-23-25(13-15)16-5-4-6-17(11-16)29-21(27)24-7-2-3-8-24/h4-6,9-13,26H,2-3,7-8H2,1H3. The number of amides is 1. The zero-order valence-electron chi connectivity index (χ0n) is 15.8. The van der Waals surface area contributed by atoms with Crippen LogP contribution < -0.4 is 9.47 Å². The van der Waals surface area contributed by atoms with Crippen LogP contribution in [-0.4, -0.2) is 46.1 Å². The summed E-state index contributed by atoms with van der Waals surface area (Å²) in [7, 11) is 1.36. The Morgan fingerprint density at radius 3 is 2.72 bits per heavy atom. The fraction of sp³-hybridized carbons (Fsp3) is 0.238. The minimum atomic E-state index is -0.775. The van der Waals surface area contributed by atoms with E-state index in [4.69, 9.17) is 9.47 Å². The minimum absolute atomic E-state index is 0.0450. The molecule has 1 aromatic heterocycles. The average molecular weight is 397 g/mol. The lowest BCUT2D eigenvalue weighted by Crippen LogP contribution is -2.30. The van der Waals surface area contributed by atoms with Crippen LogP contribution >= 0.6 is 0 Å². The van der Waals surface area contributed by atoms with Crippen LogP contribution in [0.2, 0.25) is 0 Å². The maximum atomic E-state index is 13.9. The SMILES string of the molecule is COc1cc(-c2cnn(-c3cccc(OC(=O)N4CCCC4)c3)c2)cc(F)c1O. The number of halogens is 1. The van der Waals surface area contributed by atoms with Gasteiger partial charge in [-0.3, -0.25) is 0 Å². The number of methoxy groups -OCH3 is 1. The number of hydrogen-bond acceptors (Lipinski definition) is 5. The van der Waals surface area contributed by atoms with Crippen molar-refractivity contribution in [3.05, 3.63) is 54.6 Å². The van der Waals surface area contributed by atoms with Crippen molar-refractivity contribution in [3.63, 3.8) is 0 Å². The number of aromatic hydroxyl groups is 1. The zero-order chi connectivity index (χ0) is 20.4. The average Bonchev–Trinajstić information content (AvgIpc) is 3.42. The first-order valence-electron chi connectivity index (χ1n) is 9.24. The van der Waals surface area contributed by atoms with Crippen molar-refractivity contribution in [3.8, 4) is 34.1 Å². The molecule has 0 aliphatic carbocycles. The molecule has 0 unspecified atom stereocenters.